The van der Waals surface area contributed by atoms with Crippen LogP contribution >= 0.6 is 27.5 Å². The van der Waals surface area contributed by atoms with E-state index in [1.165, 1.54) is 18.2 Å². The highest BCUT2D eigenvalue weighted by atomic mass is 79.9. The first kappa shape index (κ1) is 17.9. The van der Waals surface area contributed by atoms with Crippen LogP contribution in [-0.2, 0) is 0 Å². The van der Waals surface area contributed by atoms with Gasteiger partial charge in [0.1, 0.15) is 11.5 Å². The van der Waals surface area contributed by atoms with Gasteiger partial charge in [-0.1, -0.05) is 39.7 Å². The third-order valence-electron chi connectivity index (χ3n) is 3.62. The molecular weight excluding hydrogens is 420 g/mol. The molecule has 0 saturated heterocycles. The lowest BCUT2D eigenvalue weighted by Crippen LogP contribution is -1.88. The van der Waals surface area contributed by atoms with E-state index in [1.54, 1.807) is 18.2 Å². The van der Waals surface area contributed by atoms with Gasteiger partial charge in [0.25, 0.3) is 5.69 Å². The number of benzene rings is 2. The zero-order chi connectivity index (χ0) is 18.7. The average Bonchev–Trinajstić information content (AvgIpc) is 3.09. The molecule has 1 aromatic heterocycles. The van der Waals surface area contributed by atoms with Crippen molar-refractivity contribution in [2.45, 2.75) is 0 Å². The fourth-order valence-corrected chi connectivity index (χ4v) is 2.82. The topological polar surface area (TPSA) is 80.1 Å². The van der Waals surface area contributed by atoms with Crippen molar-refractivity contribution in [2.24, 2.45) is 0 Å². The zero-order valence-corrected chi connectivity index (χ0v) is 15.5. The Morgan fingerprint density at radius 2 is 1.92 bits per heavy atom. The number of furan rings is 1. The van der Waals surface area contributed by atoms with E-state index in [9.17, 15) is 15.4 Å². The average molecular weight is 430 g/mol. The molecule has 3 aromatic rings. The number of nitriles is 1. The van der Waals surface area contributed by atoms with Gasteiger partial charge in [-0.05, 0) is 42.0 Å². The molecule has 128 valence electrons. The lowest BCUT2D eigenvalue weighted by Gasteiger charge is -2.01. The second-order valence-electron chi connectivity index (χ2n) is 5.30. The molecule has 0 aliphatic rings. The Kier molecular flexibility index (Phi) is 5.21. The van der Waals surface area contributed by atoms with Crippen molar-refractivity contribution in [3.8, 4) is 17.4 Å². The lowest BCUT2D eigenvalue weighted by atomic mass is 10.1. The second-order valence-corrected chi connectivity index (χ2v) is 6.62. The monoisotopic (exact) mass is 428 g/mol. The largest absolute Gasteiger partial charge is 0.457 e. The Labute approximate surface area is 162 Å². The summed E-state index contributed by atoms with van der Waals surface area (Å²) < 4.78 is 6.63. The molecule has 3 rings (SSSR count). The minimum Gasteiger partial charge on any atom is -0.457 e. The SMILES string of the molecule is N#C/C(=C/c1ccc(-c2cc([N+](=O)[O-])ccc2Cl)o1)c1ccc(Br)cc1. The minimum absolute atomic E-state index is 0.0783. The highest BCUT2D eigenvalue weighted by Crippen LogP contribution is 2.33. The molecule has 0 fully saturated rings. The molecule has 0 amide bonds. The van der Waals surface area contributed by atoms with Gasteiger partial charge in [0.15, 0.2) is 0 Å². The fourth-order valence-electron chi connectivity index (χ4n) is 2.34. The predicted octanol–water partition coefficient (Wildman–Crippen LogP) is 6.33. The number of allylic oxidation sites excluding steroid dienone is 1. The summed E-state index contributed by atoms with van der Waals surface area (Å²) in [5.74, 6) is 0.833. The van der Waals surface area contributed by atoms with E-state index < -0.39 is 4.92 Å². The van der Waals surface area contributed by atoms with Crippen LogP contribution in [0.3, 0.4) is 0 Å². The number of nitrogens with zero attached hydrogens (tertiary/aromatic N) is 2. The minimum atomic E-state index is -0.495. The van der Waals surface area contributed by atoms with Crippen LogP contribution in [0.2, 0.25) is 5.02 Å². The van der Waals surface area contributed by atoms with Gasteiger partial charge in [-0.3, -0.25) is 10.1 Å². The normalized spacial score (nSPS) is 11.2. The molecule has 26 heavy (non-hydrogen) atoms. The molecule has 7 heteroatoms. The van der Waals surface area contributed by atoms with Crippen LogP contribution in [0.25, 0.3) is 23.0 Å². The Hall–Kier alpha value is -2.88. The Morgan fingerprint density at radius 3 is 2.58 bits per heavy atom. The number of nitro benzene ring substituents is 1. The first-order valence-corrected chi connectivity index (χ1v) is 8.57. The van der Waals surface area contributed by atoms with E-state index in [4.69, 9.17) is 16.0 Å². The van der Waals surface area contributed by atoms with Crippen LogP contribution in [0.4, 0.5) is 5.69 Å². The van der Waals surface area contributed by atoms with Crippen molar-refractivity contribution in [3.63, 3.8) is 0 Å². The van der Waals surface area contributed by atoms with E-state index in [0.29, 0.717) is 27.7 Å². The second kappa shape index (κ2) is 7.56. The van der Waals surface area contributed by atoms with Crippen molar-refractivity contribution in [2.75, 3.05) is 0 Å². The maximum absolute atomic E-state index is 10.9. The summed E-state index contributed by atoms with van der Waals surface area (Å²) >= 11 is 9.49. The standard InChI is InChI=1S/C19H10BrClN2O3/c20-14-3-1-12(2-4-14)13(11-22)9-16-6-8-19(26-16)17-10-15(23(24)25)5-7-18(17)21/h1-10H/b13-9-. The summed E-state index contributed by atoms with van der Waals surface area (Å²) in [6.07, 6.45) is 1.61. The van der Waals surface area contributed by atoms with E-state index in [1.807, 2.05) is 24.3 Å². The molecular formula is C19H10BrClN2O3. The van der Waals surface area contributed by atoms with Crippen LogP contribution in [0, 0.1) is 21.4 Å². The number of nitro groups is 1. The van der Waals surface area contributed by atoms with Gasteiger partial charge in [0.05, 0.1) is 21.6 Å². The molecule has 0 aliphatic heterocycles. The third kappa shape index (κ3) is 3.85. The van der Waals surface area contributed by atoms with E-state index in [0.717, 1.165) is 10.0 Å². The molecule has 0 N–H and O–H groups in total. The Bertz CT molecular complexity index is 1050. The number of halogens is 2. The summed E-state index contributed by atoms with van der Waals surface area (Å²) in [4.78, 5) is 10.5. The van der Waals surface area contributed by atoms with Gasteiger partial charge in [0.2, 0.25) is 0 Å². The van der Waals surface area contributed by atoms with Gasteiger partial charge in [-0.2, -0.15) is 5.26 Å². The number of hydrogen-bond donors (Lipinski definition) is 0. The van der Waals surface area contributed by atoms with Crippen LogP contribution in [0.1, 0.15) is 11.3 Å². The predicted molar refractivity (Wildman–Crippen MR) is 103 cm³/mol. The van der Waals surface area contributed by atoms with Gasteiger partial charge >= 0.3 is 0 Å². The van der Waals surface area contributed by atoms with Gasteiger partial charge in [0, 0.05) is 22.2 Å². The van der Waals surface area contributed by atoms with Crippen LogP contribution < -0.4 is 0 Å². The van der Waals surface area contributed by atoms with Gasteiger partial charge in [-0.25, -0.2) is 0 Å². The van der Waals surface area contributed by atoms with Crippen LogP contribution in [-0.4, -0.2) is 4.92 Å². The van der Waals surface area contributed by atoms with Crippen molar-refractivity contribution >= 4 is 44.9 Å². The van der Waals surface area contributed by atoms with Crippen molar-refractivity contribution < 1.29 is 9.34 Å². The fraction of sp³-hybridized carbons (Fsp3) is 0. The van der Waals surface area contributed by atoms with E-state index >= 15 is 0 Å². The molecule has 2 aromatic carbocycles. The Morgan fingerprint density at radius 1 is 1.19 bits per heavy atom. The molecule has 0 radical (unpaired) electrons. The van der Waals surface area contributed by atoms with Crippen molar-refractivity contribution in [1.82, 2.24) is 0 Å². The smallest absolute Gasteiger partial charge is 0.270 e. The summed E-state index contributed by atoms with van der Waals surface area (Å²) in [7, 11) is 0. The third-order valence-corrected chi connectivity index (χ3v) is 4.47. The van der Waals surface area contributed by atoms with Crippen LogP contribution in [0.5, 0.6) is 0 Å². The molecule has 5 nitrogen and oxygen atoms in total. The number of non-ortho nitro benzene ring substituents is 1. The Balaban J connectivity index is 1.97. The molecule has 0 unspecified atom stereocenters. The maximum Gasteiger partial charge on any atom is 0.270 e. The molecule has 0 aliphatic carbocycles. The molecule has 0 spiro atoms. The van der Waals surface area contributed by atoms with Gasteiger partial charge < -0.3 is 4.42 Å². The summed E-state index contributed by atoms with van der Waals surface area (Å²) in [6, 6.07) is 17.0. The molecule has 1 heterocycles. The maximum atomic E-state index is 10.9. The highest BCUT2D eigenvalue weighted by Gasteiger charge is 2.14. The first-order valence-electron chi connectivity index (χ1n) is 7.40. The zero-order valence-electron chi connectivity index (χ0n) is 13.1. The van der Waals surface area contributed by atoms with Crippen LogP contribution in [0.15, 0.2) is 63.5 Å². The highest BCUT2D eigenvalue weighted by molar-refractivity contribution is 9.10. The van der Waals surface area contributed by atoms with E-state index in [2.05, 4.69) is 22.0 Å². The molecule has 0 saturated carbocycles. The summed E-state index contributed by atoms with van der Waals surface area (Å²) in [5, 5.41) is 20.7. The number of rotatable bonds is 4. The lowest BCUT2D eigenvalue weighted by molar-refractivity contribution is -0.384. The molecule has 0 bridgehead atoms. The van der Waals surface area contributed by atoms with Crippen molar-refractivity contribution in [3.05, 3.63) is 85.5 Å². The first-order chi connectivity index (χ1) is 12.5. The quantitative estimate of drug-likeness (QED) is 0.275. The van der Waals surface area contributed by atoms with Gasteiger partial charge in [-0.15, -0.1) is 0 Å². The number of hydrogen-bond acceptors (Lipinski definition) is 4. The molecule has 0 atom stereocenters. The van der Waals surface area contributed by atoms with Crippen molar-refractivity contribution in [1.29, 1.82) is 5.26 Å². The summed E-state index contributed by atoms with van der Waals surface area (Å²) in [5.41, 5.74) is 1.53. The van der Waals surface area contributed by atoms with E-state index in [-0.39, 0.29) is 5.69 Å². The summed E-state index contributed by atoms with van der Waals surface area (Å²) in [6.45, 7) is 0.